The number of carboxylic acids is 1. The van der Waals surface area contributed by atoms with Gasteiger partial charge in [0.15, 0.2) is 0 Å². The predicted molar refractivity (Wildman–Crippen MR) is 130 cm³/mol. The lowest BCUT2D eigenvalue weighted by Gasteiger charge is -2.26. The van der Waals surface area contributed by atoms with Gasteiger partial charge < -0.3 is 14.4 Å². The topological polar surface area (TPSA) is 63.8 Å². The highest BCUT2D eigenvalue weighted by Gasteiger charge is 2.29. The first kappa shape index (κ1) is 20.8. The molecular formula is C28H23FN2O3. The molecule has 1 fully saturated rings. The van der Waals surface area contributed by atoms with Crippen LogP contribution in [0.25, 0.3) is 27.7 Å². The minimum atomic E-state index is -0.948. The molecule has 1 unspecified atom stereocenters. The molecule has 0 saturated carbocycles. The highest BCUT2D eigenvalue weighted by Crippen LogP contribution is 2.44. The summed E-state index contributed by atoms with van der Waals surface area (Å²) < 4.78 is 21.9. The molecule has 0 radical (unpaired) electrons. The normalized spacial score (nSPS) is 17.3. The fourth-order valence-electron chi connectivity index (χ4n) is 5.21. The van der Waals surface area contributed by atoms with Crippen LogP contribution in [-0.2, 0) is 11.3 Å². The number of benzene rings is 3. The molecule has 1 aromatic heterocycles. The zero-order chi connectivity index (χ0) is 23.2. The molecule has 1 N–H and O–H groups in total. The fraction of sp³-hybridized carbons (Fsp3) is 0.214. The van der Waals surface area contributed by atoms with E-state index >= 15 is 0 Å². The van der Waals surface area contributed by atoms with Crippen molar-refractivity contribution in [1.29, 1.82) is 0 Å². The van der Waals surface area contributed by atoms with Crippen molar-refractivity contribution in [2.24, 2.45) is 4.99 Å². The van der Waals surface area contributed by atoms with Gasteiger partial charge in [-0.1, -0.05) is 12.1 Å². The maximum Gasteiger partial charge on any atom is 0.335 e. The molecule has 3 heterocycles. The molecule has 0 bridgehead atoms. The van der Waals surface area contributed by atoms with Crippen LogP contribution in [0.1, 0.15) is 45.9 Å². The summed E-state index contributed by atoms with van der Waals surface area (Å²) in [6.07, 6.45) is 3.86. The van der Waals surface area contributed by atoms with Crippen LogP contribution in [0.15, 0.2) is 65.7 Å². The van der Waals surface area contributed by atoms with Gasteiger partial charge >= 0.3 is 5.97 Å². The van der Waals surface area contributed by atoms with Crippen LogP contribution in [-0.4, -0.2) is 35.1 Å². The number of nitrogens with zero attached hydrogens (tertiary/aromatic N) is 2. The third-order valence-corrected chi connectivity index (χ3v) is 6.81. The lowest BCUT2D eigenvalue weighted by molar-refractivity contribution is 0.0697. The Hall–Kier alpha value is -3.77. The summed E-state index contributed by atoms with van der Waals surface area (Å²) in [5.41, 5.74) is 7.56. The van der Waals surface area contributed by atoms with E-state index < -0.39 is 5.97 Å². The number of ether oxygens (including phenoxy) is 1. The standard InChI is InChI=1S/C28H23FN2O3/c29-22-7-9-23(10-8-22)31-25-13-21-15-30-14-20(21)12-24(25)26(27(31)19-2-1-11-34-16-19)17-3-5-18(6-4-17)28(32)33/h3-10,12-13,15,19H,1-2,11,14,16H2,(H,32,33). The molecule has 5 nitrogen and oxygen atoms in total. The second-order valence-corrected chi connectivity index (χ2v) is 8.91. The molecular weight excluding hydrogens is 431 g/mol. The maximum atomic E-state index is 13.8. The average Bonchev–Trinajstić information content (AvgIpc) is 3.45. The van der Waals surface area contributed by atoms with Crippen LogP contribution < -0.4 is 0 Å². The number of aliphatic imine (C=N–C) groups is 1. The second-order valence-electron chi connectivity index (χ2n) is 8.91. The van der Waals surface area contributed by atoms with Crippen molar-refractivity contribution in [3.8, 4) is 16.8 Å². The molecule has 6 rings (SSSR count). The smallest absolute Gasteiger partial charge is 0.335 e. The molecule has 6 heteroatoms. The van der Waals surface area contributed by atoms with E-state index in [4.69, 9.17) is 4.74 Å². The molecule has 170 valence electrons. The summed E-state index contributed by atoms with van der Waals surface area (Å²) in [4.78, 5) is 15.9. The fourth-order valence-corrected chi connectivity index (χ4v) is 5.21. The van der Waals surface area contributed by atoms with Crippen LogP contribution in [0.5, 0.6) is 0 Å². The first-order valence-electron chi connectivity index (χ1n) is 11.5. The zero-order valence-corrected chi connectivity index (χ0v) is 18.5. The van der Waals surface area contributed by atoms with E-state index in [1.165, 1.54) is 17.7 Å². The van der Waals surface area contributed by atoms with E-state index in [9.17, 15) is 14.3 Å². The lowest BCUT2D eigenvalue weighted by atomic mass is 9.90. The van der Waals surface area contributed by atoms with Crippen molar-refractivity contribution in [2.75, 3.05) is 13.2 Å². The van der Waals surface area contributed by atoms with Gasteiger partial charge in [-0.25, -0.2) is 9.18 Å². The molecule has 1 saturated heterocycles. The number of rotatable bonds is 4. The molecule has 0 amide bonds. The number of carboxylic acid groups (broad SMARTS) is 1. The van der Waals surface area contributed by atoms with Gasteiger partial charge in [0, 0.05) is 41.1 Å². The van der Waals surface area contributed by atoms with Gasteiger partial charge in [-0.3, -0.25) is 4.99 Å². The van der Waals surface area contributed by atoms with Crippen molar-refractivity contribution in [3.63, 3.8) is 0 Å². The van der Waals surface area contributed by atoms with E-state index in [1.54, 1.807) is 24.3 Å². The molecule has 2 aliphatic heterocycles. The minimum absolute atomic E-state index is 0.156. The third kappa shape index (κ3) is 3.42. The van der Waals surface area contributed by atoms with Crippen LogP contribution in [0.2, 0.25) is 0 Å². The van der Waals surface area contributed by atoms with Gasteiger partial charge in [-0.2, -0.15) is 0 Å². The van der Waals surface area contributed by atoms with Crippen LogP contribution in [0.3, 0.4) is 0 Å². The van der Waals surface area contributed by atoms with Crippen LogP contribution in [0.4, 0.5) is 4.39 Å². The number of fused-ring (bicyclic) bond motifs is 2. The second kappa shape index (κ2) is 8.22. The molecule has 3 aromatic carbocycles. The van der Waals surface area contributed by atoms with E-state index in [0.717, 1.165) is 58.4 Å². The van der Waals surface area contributed by atoms with Gasteiger partial charge in [0.25, 0.3) is 0 Å². The van der Waals surface area contributed by atoms with Crippen LogP contribution in [0, 0.1) is 5.82 Å². The largest absolute Gasteiger partial charge is 0.478 e. The Kier molecular flexibility index (Phi) is 5.03. The SMILES string of the molecule is O=C(O)c1ccc(-c2c(C3CCCOC3)n(-c3ccc(F)cc3)c3cc4c(cc23)CN=C4)cc1. The van der Waals surface area contributed by atoms with Crippen molar-refractivity contribution >= 4 is 23.1 Å². The summed E-state index contributed by atoms with van der Waals surface area (Å²) in [6.45, 7) is 2.01. The van der Waals surface area contributed by atoms with Gasteiger partial charge in [0.1, 0.15) is 5.82 Å². The monoisotopic (exact) mass is 454 g/mol. The number of aromatic carboxylic acids is 1. The lowest BCUT2D eigenvalue weighted by Crippen LogP contribution is -2.19. The number of carbonyl (C=O) groups is 1. The Morgan fingerprint density at radius 2 is 1.88 bits per heavy atom. The summed E-state index contributed by atoms with van der Waals surface area (Å²) in [6, 6.07) is 18.0. The van der Waals surface area contributed by atoms with E-state index in [-0.39, 0.29) is 17.3 Å². The van der Waals surface area contributed by atoms with Crippen molar-refractivity contribution in [1.82, 2.24) is 4.57 Å². The Morgan fingerprint density at radius 1 is 1.09 bits per heavy atom. The molecule has 0 spiro atoms. The zero-order valence-electron chi connectivity index (χ0n) is 18.5. The molecule has 4 aromatic rings. The molecule has 0 aliphatic carbocycles. The van der Waals surface area contributed by atoms with E-state index in [2.05, 4.69) is 21.7 Å². The highest BCUT2D eigenvalue weighted by molar-refractivity contribution is 6.03. The third-order valence-electron chi connectivity index (χ3n) is 6.81. The van der Waals surface area contributed by atoms with Gasteiger partial charge in [0.2, 0.25) is 0 Å². The first-order chi connectivity index (χ1) is 16.6. The van der Waals surface area contributed by atoms with Gasteiger partial charge in [-0.15, -0.1) is 0 Å². The van der Waals surface area contributed by atoms with Gasteiger partial charge in [-0.05, 0) is 78.1 Å². The average molecular weight is 455 g/mol. The summed E-state index contributed by atoms with van der Waals surface area (Å²) in [5, 5.41) is 10.5. The Balaban J connectivity index is 1.69. The van der Waals surface area contributed by atoms with Crippen molar-refractivity contribution < 1.29 is 19.0 Å². The van der Waals surface area contributed by atoms with E-state index in [0.29, 0.717) is 13.2 Å². The van der Waals surface area contributed by atoms with Gasteiger partial charge in [0.05, 0.1) is 24.2 Å². The Bertz CT molecular complexity index is 1430. The summed E-state index contributed by atoms with van der Waals surface area (Å²) in [5.74, 6) is -1.07. The molecule has 34 heavy (non-hydrogen) atoms. The first-order valence-corrected chi connectivity index (χ1v) is 11.5. The number of aromatic nitrogens is 1. The minimum Gasteiger partial charge on any atom is -0.478 e. The number of hydrogen-bond donors (Lipinski definition) is 1. The number of halogens is 1. The number of hydrogen-bond acceptors (Lipinski definition) is 3. The summed E-state index contributed by atoms with van der Waals surface area (Å²) in [7, 11) is 0. The van der Waals surface area contributed by atoms with Crippen molar-refractivity contribution in [2.45, 2.75) is 25.3 Å². The predicted octanol–water partition coefficient (Wildman–Crippen LogP) is 5.96. The van der Waals surface area contributed by atoms with Crippen LogP contribution >= 0.6 is 0 Å². The Labute approximate surface area is 196 Å². The Morgan fingerprint density at radius 3 is 2.59 bits per heavy atom. The maximum absolute atomic E-state index is 13.8. The van der Waals surface area contributed by atoms with E-state index in [1.807, 2.05) is 18.3 Å². The van der Waals surface area contributed by atoms with Crippen molar-refractivity contribution in [3.05, 3.63) is 88.9 Å². The molecule has 1 atom stereocenters. The quantitative estimate of drug-likeness (QED) is 0.414. The summed E-state index contributed by atoms with van der Waals surface area (Å²) >= 11 is 0. The highest BCUT2D eigenvalue weighted by atomic mass is 19.1. The molecule has 2 aliphatic rings.